The molecule has 1 aromatic heterocycles. The van der Waals surface area contributed by atoms with Crippen molar-refractivity contribution in [2.24, 2.45) is 11.1 Å². The van der Waals surface area contributed by atoms with E-state index < -0.39 is 0 Å². The number of methoxy groups -OCH3 is 1. The minimum absolute atomic E-state index is 0.0778. The van der Waals surface area contributed by atoms with E-state index in [-0.39, 0.29) is 11.5 Å². The van der Waals surface area contributed by atoms with Gasteiger partial charge in [-0.1, -0.05) is 20.8 Å². The van der Waals surface area contributed by atoms with Crippen molar-refractivity contribution in [1.29, 1.82) is 0 Å². The van der Waals surface area contributed by atoms with Gasteiger partial charge in [0.2, 0.25) is 0 Å². The standard InChI is InChI=1S/C16H25N3O/c1-6-19-13-8-7-11(20-5)9-12(13)18-15(19)10-14(17)16(2,3)4/h7-9,14H,6,10,17H2,1-5H3. The zero-order chi connectivity index (χ0) is 14.9. The molecule has 20 heavy (non-hydrogen) atoms. The number of hydrogen-bond donors (Lipinski definition) is 1. The molecule has 0 amide bonds. The quantitative estimate of drug-likeness (QED) is 0.933. The van der Waals surface area contributed by atoms with Crippen molar-refractivity contribution < 1.29 is 4.74 Å². The van der Waals surface area contributed by atoms with Crippen LogP contribution in [0.25, 0.3) is 11.0 Å². The molecule has 2 N–H and O–H groups in total. The highest BCUT2D eigenvalue weighted by Crippen LogP contribution is 2.25. The van der Waals surface area contributed by atoms with E-state index in [4.69, 9.17) is 15.5 Å². The number of rotatable bonds is 4. The molecule has 0 bridgehead atoms. The second-order valence-electron chi connectivity index (χ2n) is 6.30. The lowest BCUT2D eigenvalue weighted by Gasteiger charge is -2.26. The number of benzene rings is 1. The van der Waals surface area contributed by atoms with E-state index in [0.717, 1.165) is 35.6 Å². The fourth-order valence-corrected chi connectivity index (χ4v) is 2.30. The Bertz CT molecular complexity index is 596. The van der Waals surface area contributed by atoms with Gasteiger partial charge in [-0.25, -0.2) is 4.98 Å². The van der Waals surface area contributed by atoms with Crippen LogP contribution in [0.2, 0.25) is 0 Å². The molecule has 1 atom stereocenters. The first-order valence-electron chi connectivity index (χ1n) is 7.15. The van der Waals surface area contributed by atoms with Crippen LogP contribution in [0.15, 0.2) is 18.2 Å². The van der Waals surface area contributed by atoms with Gasteiger partial charge in [-0.2, -0.15) is 0 Å². The lowest BCUT2D eigenvalue weighted by Crippen LogP contribution is -2.37. The van der Waals surface area contributed by atoms with E-state index in [1.807, 2.05) is 12.1 Å². The van der Waals surface area contributed by atoms with Crippen molar-refractivity contribution in [2.75, 3.05) is 7.11 Å². The summed E-state index contributed by atoms with van der Waals surface area (Å²) >= 11 is 0. The van der Waals surface area contributed by atoms with Crippen molar-refractivity contribution in [3.8, 4) is 5.75 Å². The van der Waals surface area contributed by atoms with E-state index in [9.17, 15) is 0 Å². The fraction of sp³-hybridized carbons (Fsp3) is 0.562. The van der Waals surface area contributed by atoms with Crippen molar-refractivity contribution >= 4 is 11.0 Å². The van der Waals surface area contributed by atoms with Crippen LogP contribution < -0.4 is 10.5 Å². The molecule has 1 aromatic carbocycles. The molecule has 0 aliphatic heterocycles. The van der Waals surface area contributed by atoms with Crippen LogP contribution in [0, 0.1) is 5.41 Å². The van der Waals surface area contributed by atoms with Gasteiger partial charge < -0.3 is 15.0 Å². The molecule has 4 nitrogen and oxygen atoms in total. The Morgan fingerprint density at radius 3 is 2.60 bits per heavy atom. The molecule has 0 saturated heterocycles. The molecule has 0 radical (unpaired) electrons. The van der Waals surface area contributed by atoms with Gasteiger partial charge in [-0.15, -0.1) is 0 Å². The van der Waals surface area contributed by atoms with Crippen molar-refractivity contribution in [3.05, 3.63) is 24.0 Å². The van der Waals surface area contributed by atoms with Gasteiger partial charge in [0.15, 0.2) is 0 Å². The number of imidazole rings is 1. The largest absolute Gasteiger partial charge is 0.497 e. The van der Waals surface area contributed by atoms with Crippen LogP contribution in [0.1, 0.15) is 33.5 Å². The number of aryl methyl sites for hydroxylation is 1. The Hall–Kier alpha value is -1.55. The molecule has 0 aliphatic carbocycles. The molecule has 1 heterocycles. The minimum Gasteiger partial charge on any atom is -0.497 e. The topological polar surface area (TPSA) is 53.1 Å². The highest BCUT2D eigenvalue weighted by Gasteiger charge is 2.23. The zero-order valence-corrected chi connectivity index (χ0v) is 13.1. The number of hydrogen-bond acceptors (Lipinski definition) is 3. The number of aromatic nitrogens is 2. The third kappa shape index (κ3) is 2.80. The predicted molar refractivity (Wildman–Crippen MR) is 83.1 cm³/mol. The normalized spacial score (nSPS) is 13.7. The lowest BCUT2D eigenvalue weighted by molar-refractivity contribution is 0.313. The maximum Gasteiger partial charge on any atom is 0.121 e. The number of nitrogens with two attached hydrogens (primary N) is 1. The van der Waals surface area contributed by atoms with Crippen LogP contribution in [0.3, 0.4) is 0 Å². The van der Waals surface area contributed by atoms with Crippen molar-refractivity contribution in [3.63, 3.8) is 0 Å². The Morgan fingerprint density at radius 2 is 2.05 bits per heavy atom. The van der Waals surface area contributed by atoms with E-state index in [1.54, 1.807) is 7.11 Å². The molecule has 2 rings (SSSR count). The Kier molecular flexibility index (Phi) is 4.04. The number of ether oxygens (including phenoxy) is 1. The first-order chi connectivity index (χ1) is 9.36. The lowest BCUT2D eigenvalue weighted by atomic mass is 9.85. The van der Waals surface area contributed by atoms with Gasteiger partial charge in [0.25, 0.3) is 0 Å². The highest BCUT2D eigenvalue weighted by atomic mass is 16.5. The summed E-state index contributed by atoms with van der Waals surface area (Å²) < 4.78 is 7.50. The number of nitrogens with zero attached hydrogens (tertiary/aromatic N) is 2. The zero-order valence-electron chi connectivity index (χ0n) is 13.1. The van der Waals surface area contributed by atoms with Gasteiger partial charge in [-0.3, -0.25) is 0 Å². The van der Waals surface area contributed by atoms with E-state index in [2.05, 4.69) is 38.3 Å². The summed E-state index contributed by atoms with van der Waals surface area (Å²) in [6.45, 7) is 9.53. The fourth-order valence-electron chi connectivity index (χ4n) is 2.30. The predicted octanol–water partition coefficient (Wildman–Crippen LogP) is 2.98. The molecule has 0 saturated carbocycles. The molecule has 2 aromatic rings. The Morgan fingerprint density at radius 1 is 1.35 bits per heavy atom. The summed E-state index contributed by atoms with van der Waals surface area (Å²) in [7, 11) is 1.68. The average molecular weight is 275 g/mol. The molecule has 110 valence electrons. The molecule has 0 fully saturated rings. The van der Waals surface area contributed by atoms with Gasteiger partial charge in [-0.05, 0) is 24.5 Å². The van der Waals surface area contributed by atoms with Crippen molar-refractivity contribution in [2.45, 2.75) is 46.7 Å². The first kappa shape index (κ1) is 14.9. The monoisotopic (exact) mass is 275 g/mol. The summed E-state index contributed by atoms with van der Waals surface area (Å²) in [6.07, 6.45) is 0.786. The highest BCUT2D eigenvalue weighted by molar-refractivity contribution is 5.77. The summed E-state index contributed by atoms with van der Waals surface area (Å²) in [5.41, 5.74) is 8.50. The summed E-state index contributed by atoms with van der Waals surface area (Å²) in [5, 5.41) is 0. The van der Waals surface area contributed by atoms with E-state index in [0.29, 0.717) is 0 Å². The number of fused-ring (bicyclic) bond motifs is 1. The second-order valence-corrected chi connectivity index (χ2v) is 6.30. The first-order valence-corrected chi connectivity index (χ1v) is 7.15. The van der Waals surface area contributed by atoms with Gasteiger partial charge >= 0.3 is 0 Å². The Labute approximate surface area is 120 Å². The maximum absolute atomic E-state index is 6.31. The smallest absolute Gasteiger partial charge is 0.121 e. The molecule has 0 spiro atoms. The molecular weight excluding hydrogens is 250 g/mol. The molecule has 0 aliphatic rings. The minimum atomic E-state index is 0.0778. The third-order valence-electron chi connectivity index (χ3n) is 3.87. The van der Waals surface area contributed by atoms with Gasteiger partial charge in [0, 0.05) is 25.1 Å². The summed E-state index contributed by atoms with van der Waals surface area (Å²) in [6, 6.07) is 6.11. The van der Waals surface area contributed by atoms with Crippen molar-refractivity contribution in [1.82, 2.24) is 9.55 Å². The van der Waals surface area contributed by atoms with Crippen LogP contribution in [0.5, 0.6) is 5.75 Å². The van der Waals surface area contributed by atoms with E-state index in [1.165, 1.54) is 0 Å². The SMILES string of the molecule is CCn1c(CC(N)C(C)(C)C)nc2cc(OC)ccc21. The second kappa shape index (κ2) is 5.44. The van der Waals surface area contributed by atoms with Crippen LogP contribution in [-0.2, 0) is 13.0 Å². The average Bonchev–Trinajstić information content (AvgIpc) is 2.73. The molecule has 1 unspecified atom stereocenters. The van der Waals surface area contributed by atoms with Gasteiger partial charge in [0.05, 0.1) is 18.1 Å². The third-order valence-corrected chi connectivity index (χ3v) is 3.87. The Balaban J connectivity index is 2.42. The van der Waals surface area contributed by atoms with Crippen LogP contribution in [-0.4, -0.2) is 22.7 Å². The molecule has 4 heteroatoms. The summed E-state index contributed by atoms with van der Waals surface area (Å²) in [4.78, 5) is 4.75. The maximum atomic E-state index is 6.31. The molecular formula is C16H25N3O. The van der Waals surface area contributed by atoms with Crippen LogP contribution in [0.4, 0.5) is 0 Å². The van der Waals surface area contributed by atoms with E-state index >= 15 is 0 Å². The van der Waals surface area contributed by atoms with Gasteiger partial charge in [0.1, 0.15) is 11.6 Å². The van der Waals surface area contributed by atoms with Crippen LogP contribution >= 0.6 is 0 Å². The summed E-state index contributed by atoms with van der Waals surface area (Å²) in [5.74, 6) is 1.89.